The average molecular weight is 257 g/mol. The van der Waals surface area contributed by atoms with Crippen molar-refractivity contribution in [2.45, 2.75) is 40.0 Å². The van der Waals surface area contributed by atoms with Crippen molar-refractivity contribution in [1.82, 2.24) is 15.0 Å². The van der Waals surface area contributed by atoms with E-state index in [1.54, 1.807) is 0 Å². The fourth-order valence-electron chi connectivity index (χ4n) is 2.12. The van der Waals surface area contributed by atoms with Crippen molar-refractivity contribution in [2.75, 3.05) is 0 Å². The summed E-state index contributed by atoms with van der Waals surface area (Å²) in [7, 11) is 0. The van der Waals surface area contributed by atoms with Crippen molar-refractivity contribution in [1.29, 1.82) is 0 Å². The van der Waals surface area contributed by atoms with E-state index in [0.29, 0.717) is 5.69 Å². The Hall–Kier alpha value is -1.97. The van der Waals surface area contributed by atoms with Gasteiger partial charge in [0.25, 0.3) is 0 Å². The lowest BCUT2D eigenvalue weighted by Gasteiger charge is -2.10. The molecule has 0 radical (unpaired) electrons. The van der Waals surface area contributed by atoms with Crippen molar-refractivity contribution in [2.24, 2.45) is 0 Å². The molecular formula is C15H19N3O. The second-order valence-corrected chi connectivity index (χ2v) is 4.84. The number of benzene rings is 1. The van der Waals surface area contributed by atoms with Gasteiger partial charge in [0.2, 0.25) is 0 Å². The molecule has 1 aromatic carbocycles. The minimum Gasteiger partial charge on any atom is -0.296 e. The SMILES string of the molecule is CCCCc1c(C=O)nnn1-c1cc(C)ccc1C. The lowest BCUT2D eigenvalue weighted by molar-refractivity contribution is 0.111. The van der Waals surface area contributed by atoms with Gasteiger partial charge in [0.05, 0.1) is 11.4 Å². The Morgan fingerprint density at radius 2 is 2.11 bits per heavy atom. The van der Waals surface area contributed by atoms with Crippen molar-refractivity contribution in [3.63, 3.8) is 0 Å². The molecule has 0 aliphatic rings. The number of carbonyl (C=O) groups excluding carboxylic acids is 1. The first-order valence-electron chi connectivity index (χ1n) is 6.64. The van der Waals surface area contributed by atoms with Crippen LogP contribution < -0.4 is 0 Å². The molecule has 0 fully saturated rings. The second-order valence-electron chi connectivity index (χ2n) is 4.84. The van der Waals surface area contributed by atoms with Gasteiger partial charge < -0.3 is 0 Å². The predicted molar refractivity (Wildman–Crippen MR) is 74.8 cm³/mol. The molecule has 0 atom stereocenters. The lowest BCUT2D eigenvalue weighted by atomic mass is 10.1. The van der Waals surface area contributed by atoms with Gasteiger partial charge >= 0.3 is 0 Å². The van der Waals surface area contributed by atoms with Crippen molar-refractivity contribution in [3.8, 4) is 5.69 Å². The molecule has 0 saturated carbocycles. The largest absolute Gasteiger partial charge is 0.296 e. The van der Waals surface area contributed by atoms with Gasteiger partial charge in [0.15, 0.2) is 6.29 Å². The number of rotatable bonds is 5. The van der Waals surface area contributed by atoms with Crippen LogP contribution in [0, 0.1) is 13.8 Å². The van der Waals surface area contributed by atoms with Crippen LogP contribution in [0.25, 0.3) is 5.69 Å². The van der Waals surface area contributed by atoms with Gasteiger partial charge in [-0.1, -0.05) is 30.7 Å². The van der Waals surface area contributed by atoms with E-state index in [2.05, 4.69) is 35.4 Å². The summed E-state index contributed by atoms with van der Waals surface area (Å²) in [5, 5.41) is 8.13. The molecule has 2 rings (SSSR count). The fraction of sp³-hybridized carbons (Fsp3) is 0.400. The molecule has 0 spiro atoms. The maximum atomic E-state index is 11.1. The molecule has 0 aliphatic heterocycles. The highest BCUT2D eigenvalue weighted by Crippen LogP contribution is 2.19. The highest BCUT2D eigenvalue weighted by Gasteiger charge is 2.14. The normalized spacial score (nSPS) is 10.7. The van der Waals surface area contributed by atoms with Crippen molar-refractivity contribution < 1.29 is 4.79 Å². The Labute approximate surface area is 113 Å². The van der Waals surface area contributed by atoms with E-state index in [1.165, 1.54) is 5.56 Å². The smallest absolute Gasteiger partial charge is 0.172 e. The molecular weight excluding hydrogens is 238 g/mol. The van der Waals surface area contributed by atoms with Gasteiger partial charge in [-0.25, -0.2) is 4.68 Å². The Kier molecular flexibility index (Phi) is 4.10. The first-order valence-corrected chi connectivity index (χ1v) is 6.64. The summed E-state index contributed by atoms with van der Waals surface area (Å²) in [5.41, 5.74) is 4.67. The monoisotopic (exact) mass is 257 g/mol. The summed E-state index contributed by atoms with van der Waals surface area (Å²) in [6.45, 7) is 6.22. The van der Waals surface area contributed by atoms with Crippen LogP contribution in [0.4, 0.5) is 0 Å². The molecule has 0 amide bonds. The molecule has 0 N–H and O–H groups in total. The van der Waals surface area contributed by atoms with Gasteiger partial charge in [-0.2, -0.15) is 0 Å². The maximum absolute atomic E-state index is 11.1. The number of carbonyl (C=O) groups is 1. The van der Waals surface area contributed by atoms with Crippen LogP contribution in [0.2, 0.25) is 0 Å². The van der Waals surface area contributed by atoms with Gasteiger partial charge in [0, 0.05) is 0 Å². The zero-order chi connectivity index (χ0) is 13.8. The van der Waals surface area contributed by atoms with E-state index >= 15 is 0 Å². The third-order valence-electron chi connectivity index (χ3n) is 3.26. The van der Waals surface area contributed by atoms with Crippen LogP contribution >= 0.6 is 0 Å². The zero-order valence-electron chi connectivity index (χ0n) is 11.7. The summed E-state index contributed by atoms with van der Waals surface area (Å²) in [4.78, 5) is 11.1. The highest BCUT2D eigenvalue weighted by atomic mass is 16.1. The Balaban J connectivity index is 2.51. The Bertz CT molecular complexity index is 587. The number of nitrogens with zero attached hydrogens (tertiary/aromatic N) is 3. The minimum absolute atomic E-state index is 0.453. The summed E-state index contributed by atoms with van der Waals surface area (Å²) in [6, 6.07) is 6.21. The summed E-state index contributed by atoms with van der Waals surface area (Å²) >= 11 is 0. The molecule has 1 aromatic heterocycles. The molecule has 19 heavy (non-hydrogen) atoms. The topological polar surface area (TPSA) is 47.8 Å². The molecule has 0 aliphatic carbocycles. The minimum atomic E-state index is 0.453. The summed E-state index contributed by atoms with van der Waals surface area (Å²) in [6.07, 6.45) is 3.72. The number of aldehydes is 1. The number of hydrogen-bond donors (Lipinski definition) is 0. The van der Waals surface area contributed by atoms with Crippen LogP contribution in [0.15, 0.2) is 18.2 Å². The van der Waals surface area contributed by atoms with E-state index in [-0.39, 0.29) is 0 Å². The van der Waals surface area contributed by atoms with E-state index in [4.69, 9.17) is 0 Å². The highest BCUT2D eigenvalue weighted by molar-refractivity contribution is 5.73. The average Bonchev–Trinajstić information content (AvgIpc) is 2.81. The maximum Gasteiger partial charge on any atom is 0.172 e. The fourth-order valence-corrected chi connectivity index (χ4v) is 2.12. The van der Waals surface area contributed by atoms with E-state index in [0.717, 1.165) is 42.5 Å². The standard InChI is InChI=1S/C15H19N3O/c1-4-5-6-14-13(10-19)16-17-18(14)15-9-11(2)7-8-12(15)3/h7-10H,4-6H2,1-3H3. The van der Waals surface area contributed by atoms with Gasteiger partial charge in [-0.3, -0.25) is 4.79 Å². The first-order chi connectivity index (χ1) is 9.17. The van der Waals surface area contributed by atoms with Crippen LogP contribution in [-0.4, -0.2) is 21.3 Å². The third kappa shape index (κ3) is 2.72. The molecule has 4 nitrogen and oxygen atoms in total. The van der Waals surface area contributed by atoms with Gasteiger partial charge in [0.1, 0.15) is 5.69 Å². The first kappa shape index (κ1) is 13.5. The third-order valence-corrected chi connectivity index (χ3v) is 3.26. The van der Waals surface area contributed by atoms with Crippen LogP contribution in [0.1, 0.15) is 47.1 Å². The van der Waals surface area contributed by atoms with E-state index < -0.39 is 0 Å². The van der Waals surface area contributed by atoms with Crippen molar-refractivity contribution in [3.05, 3.63) is 40.7 Å². The van der Waals surface area contributed by atoms with E-state index in [9.17, 15) is 4.79 Å². The van der Waals surface area contributed by atoms with Gasteiger partial charge in [-0.05, 0) is 43.9 Å². The van der Waals surface area contributed by atoms with Crippen LogP contribution in [-0.2, 0) is 6.42 Å². The molecule has 2 aromatic rings. The second kappa shape index (κ2) is 5.78. The number of aryl methyl sites for hydroxylation is 2. The molecule has 1 heterocycles. The van der Waals surface area contributed by atoms with Crippen molar-refractivity contribution >= 4 is 6.29 Å². The molecule has 0 saturated heterocycles. The summed E-state index contributed by atoms with van der Waals surface area (Å²) < 4.78 is 1.81. The zero-order valence-corrected chi connectivity index (χ0v) is 11.7. The molecule has 0 bridgehead atoms. The molecule has 100 valence electrons. The molecule has 4 heteroatoms. The van der Waals surface area contributed by atoms with E-state index in [1.807, 2.05) is 18.5 Å². The predicted octanol–water partition coefficient (Wildman–Crippen LogP) is 3.04. The Morgan fingerprint density at radius 3 is 2.79 bits per heavy atom. The van der Waals surface area contributed by atoms with Gasteiger partial charge in [-0.15, -0.1) is 5.10 Å². The Morgan fingerprint density at radius 1 is 1.32 bits per heavy atom. The summed E-state index contributed by atoms with van der Waals surface area (Å²) in [5.74, 6) is 0. The van der Waals surface area contributed by atoms with Crippen LogP contribution in [0.5, 0.6) is 0 Å². The number of aromatic nitrogens is 3. The number of hydrogen-bond acceptors (Lipinski definition) is 3. The number of unbranched alkanes of at least 4 members (excludes halogenated alkanes) is 1. The molecule has 0 unspecified atom stereocenters. The lowest BCUT2D eigenvalue weighted by Crippen LogP contribution is -2.06. The quantitative estimate of drug-likeness (QED) is 0.773. The van der Waals surface area contributed by atoms with Crippen LogP contribution in [0.3, 0.4) is 0 Å².